The molecule has 0 aromatic heterocycles. The van der Waals surface area contributed by atoms with Gasteiger partial charge in [-0.1, -0.05) is 53.0 Å². The fraction of sp³-hybridized carbons (Fsp3) is 0.238. The van der Waals surface area contributed by atoms with E-state index in [0.717, 1.165) is 11.3 Å². The maximum atomic E-state index is 13.1. The summed E-state index contributed by atoms with van der Waals surface area (Å²) in [4.78, 5) is 27.6. The normalized spacial score (nSPS) is 20.1. The quantitative estimate of drug-likeness (QED) is 0.582. The number of anilines is 1. The smallest absolute Gasteiger partial charge is 0.232 e. The van der Waals surface area contributed by atoms with Gasteiger partial charge in [0, 0.05) is 40.1 Å². The number of ketones is 1. The van der Waals surface area contributed by atoms with Gasteiger partial charge < -0.3 is 0 Å². The number of rotatable bonds is 2. The third-order valence-electron chi connectivity index (χ3n) is 5.11. The highest BCUT2D eigenvalue weighted by atomic mass is 35.5. The molecule has 1 unspecified atom stereocenters. The summed E-state index contributed by atoms with van der Waals surface area (Å²) < 4.78 is 0. The SMILES string of the molecule is O=C1CCCC2=C1C(c1ccccc1Cl)CC(=O)N2c1ccc(Cl)cc1Cl. The number of hydrogen-bond donors (Lipinski definition) is 0. The Morgan fingerprint density at radius 1 is 0.926 bits per heavy atom. The van der Waals surface area contributed by atoms with Gasteiger partial charge >= 0.3 is 0 Å². The Morgan fingerprint density at radius 3 is 2.44 bits per heavy atom. The minimum absolute atomic E-state index is 0.0729. The van der Waals surface area contributed by atoms with Crippen LogP contribution in [0.25, 0.3) is 0 Å². The monoisotopic (exact) mass is 419 g/mol. The molecule has 6 heteroatoms. The maximum absolute atomic E-state index is 13.1. The van der Waals surface area contributed by atoms with Crippen molar-refractivity contribution in [1.29, 1.82) is 0 Å². The van der Waals surface area contributed by atoms with Gasteiger partial charge in [-0.15, -0.1) is 0 Å². The molecule has 0 fully saturated rings. The highest BCUT2D eigenvalue weighted by molar-refractivity contribution is 6.37. The van der Waals surface area contributed by atoms with Crippen LogP contribution >= 0.6 is 34.8 Å². The molecular formula is C21H16Cl3NO2. The number of carbonyl (C=O) groups is 2. The molecule has 2 aliphatic rings. The lowest BCUT2D eigenvalue weighted by atomic mass is 9.77. The van der Waals surface area contributed by atoms with Crippen molar-refractivity contribution < 1.29 is 9.59 Å². The number of hydrogen-bond acceptors (Lipinski definition) is 2. The van der Waals surface area contributed by atoms with Crippen LogP contribution in [0.3, 0.4) is 0 Å². The zero-order chi connectivity index (χ0) is 19.1. The second-order valence-electron chi connectivity index (χ2n) is 6.74. The average molecular weight is 421 g/mol. The molecule has 0 N–H and O–H groups in total. The second kappa shape index (κ2) is 7.31. The molecule has 2 aromatic rings. The van der Waals surface area contributed by atoms with Crippen molar-refractivity contribution >= 4 is 52.2 Å². The Hall–Kier alpha value is -1.81. The van der Waals surface area contributed by atoms with Crippen LogP contribution in [0.5, 0.6) is 0 Å². The summed E-state index contributed by atoms with van der Waals surface area (Å²) in [7, 11) is 0. The fourth-order valence-corrected chi connectivity index (χ4v) is 4.72. The highest BCUT2D eigenvalue weighted by Crippen LogP contribution is 2.46. The van der Waals surface area contributed by atoms with Crippen molar-refractivity contribution in [3.63, 3.8) is 0 Å². The van der Waals surface area contributed by atoms with Gasteiger partial charge in [0.05, 0.1) is 10.7 Å². The molecule has 2 aromatic carbocycles. The van der Waals surface area contributed by atoms with Gasteiger partial charge in [0.2, 0.25) is 5.91 Å². The van der Waals surface area contributed by atoms with E-state index in [1.807, 2.05) is 18.2 Å². The van der Waals surface area contributed by atoms with Crippen LogP contribution < -0.4 is 4.90 Å². The van der Waals surface area contributed by atoms with E-state index < -0.39 is 0 Å². The molecule has 3 nitrogen and oxygen atoms in total. The third-order valence-corrected chi connectivity index (χ3v) is 5.99. The van der Waals surface area contributed by atoms with E-state index in [1.165, 1.54) is 0 Å². The molecule has 27 heavy (non-hydrogen) atoms. The summed E-state index contributed by atoms with van der Waals surface area (Å²) in [6, 6.07) is 12.4. The van der Waals surface area contributed by atoms with E-state index >= 15 is 0 Å². The van der Waals surface area contributed by atoms with E-state index in [4.69, 9.17) is 34.8 Å². The molecule has 1 aliphatic carbocycles. The summed E-state index contributed by atoms with van der Waals surface area (Å²) in [6.45, 7) is 0. The van der Waals surface area contributed by atoms with Crippen molar-refractivity contribution in [2.45, 2.75) is 31.6 Å². The fourth-order valence-electron chi connectivity index (χ4n) is 3.96. The van der Waals surface area contributed by atoms with E-state index in [9.17, 15) is 9.59 Å². The Kier molecular flexibility index (Phi) is 5.02. The lowest BCUT2D eigenvalue weighted by molar-refractivity contribution is -0.119. The van der Waals surface area contributed by atoms with Crippen molar-refractivity contribution in [2.24, 2.45) is 0 Å². The number of benzene rings is 2. The molecule has 0 spiro atoms. The minimum Gasteiger partial charge on any atom is -0.294 e. The van der Waals surface area contributed by atoms with Crippen LogP contribution in [0.4, 0.5) is 5.69 Å². The average Bonchev–Trinajstić information content (AvgIpc) is 2.63. The number of allylic oxidation sites excluding steroid dienone is 2. The lowest BCUT2D eigenvalue weighted by Crippen LogP contribution is -2.40. The van der Waals surface area contributed by atoms with Gasteiger partial charge in [0.25, 0.3) is 0 Å². The molecule has 0 radical (unpaired) electrons. The first-order chi connectivity index (χ1) is 13.0. The zero-order valence-corrected chi connectivity index (χ0v) is 16.6. The largest absolute Gasteiger partial charge is 0.294 e. The highest BCUT2D eigenvalue weighted by Gasteiger charge is 2.40. The summed E-state index contributed by atoms with van der Waals surface area (Å²) in [5.41, 5.74) is 2.79. The van der Waals surface area contributed by atoms with Gasteiger partial charge in [-0.05, 0) is 42.7 Å². The molecule has 1 aliphatic heterocycles. The van der Waals surface area contributed by atoms with E-state index in [0.29, 0.717) is 45.6 Å². The first kappa shape index (κ1) is 18.5. The van der Waals surface area contributed by atoms with Gasteiger partial charge in [0.15, 0.2) is 5.78 Å². The van der Waals surface area contributed by atoms with E-state index in [2.05, 4.69) is 0 Å². The minimum atomic E-state index is -0.323. The molecule has 0 saturated carbocycles. The summed E-state index contributed by atoms with van der Waals surface area (Å²) in [5.74, 6) is -0.349. The molecule has 1 amide bonds. The Bertz CT molecular complexity index is 983. The number of Topliss-reactive ketones (excluding diaryl/α,β-unsaturated/α-hetero) is 1. The molecule has 1 heterocycles. The maximum Gasteiger partial charge on any atom is 0.232 e. The van der Waals surface area contributed by atoms with Crippen LogP contribution in [-0.4, -0.2) is 11.7 Å². The molecule has 0 saturated heterocycles. The van der Waals surface area contributed by atoms with Gasteiger partial charge in [0.1, 0.15) is 0 Å². The van der Waals surface area contributed by atoms with Crippen molar-refractivity contribution in [3.8, 4) is 0 Å². The standard InChI is InChI=1S/C21H16Cl3NO2/c22-12-8-9-17(16(24)10-12)25-18-6-3-7-19(26)21(18)14(11-20(25)27)13-4-1-2-5-15(13)23/h1-2,4-5,8-10,14H,3,6-7,11H2. The van der Waals surface area contributed by atoms with Gasteiger partial charge in [-0.3, -0.25) is 14.5 Å². The van der Waals surface area contributed by atoms with Gasteiger partial charge in [-0.2, -0.15) is 0 Å². The number of halogens is 3. The van der Waals surface area contributed by atoms with Crippen LogP contribution in [0.15, 0.2) is 53.7 Å². The Balaban J connectivity index is 1.90. The third kappa shape index (κ3) is 3.29. The molecular weight excluding hydrogens is 405 g/mol. The predicted molar refractivity (Wildman–Crippen MR) is 109 cm³/mol. The Labute approximate surface area is 172 Å². The zero-order valence-electron chi connectivity index (χ0n) is 14.3. The molecule has 4 rings (SSSR count). The summed E-state index contributed by atoms with van der Waals surface area (Å²) >= 11 is 18.8. The van der Waals surface area contributed by atoms with Crippen LogP contribution in [-0.2, 0) is 9.59 Å². The van der Waals surface area contributed by atoms with Crippen molar-refractivity contribution in [3.05, 3.63) is 74.4 Å². The molecule has 138 valence electrons. The number of carbonyl (C=O) groups excluding carboxylic acids is 2. The van der Waals surface area contributed by atoms with Crippen molar-refractivity contribution in [1.82, 2.24) is 0 Å². The van der Waals surface area contributed by atoms with Crippen LogP contribution in [0.1, 0.15) is 37.2 Å². The predicted octanol–water partition coefficient (Wildman–Crippen LogP) is 6.17. The number of nitrogens with zero attached hydrogens (tertiary/aromatic N) is 1. The molecule has 1 atom stereocenters. The van der Waals surface area contributed by atoms with E-state index in [-0.39, 0.29) is 24.0 Å². The van der Waals surface area contributed by atoms with Crippen LogP contribution in [0, 0.1) is 0 Å². The van der Waals surface area contributed by atoms with Crippen LogP contribution in [0.2, 0.25) is 15.1 Å². The van der Waals surface area contributed by atoms with Crippen molar-refractivity contribution in [2.75, 3.05) is 4.90 Å². The summed E-state index contributed by atoms with van der Waals surface area (Å²) in [6.07, 6.45) is 2.01. The Morgan fingerprint density at radius 2 is 1.70 bits per heavy atom. The first-order valence-corrected chi connectivity index (χ1v) is 9.89. The molecule has 0 bridgehead atoms. The van der Waals surface area contributed by atoms with Gasteiger partial charge in [-0.25, -0.2) is 0 Å². The lowest BCUT2D eigenvalue weighted by Gasteiger charge is -2.38. The number of amides is 1. The first-order valence-electron chi connectivity index (χ1n) is 8.76. The topological polar surface area (TPSA) is 37.4 Å². The second-order valence-corrected chi connectivity index (χ2v) is 7.99. The summed E-state index contributed by atoms with van der Waals surface area (Å²) in [5, 5.41) is 1.45. The van der Waals surface area contributed by atoms with E-state index in [1.54, 1.807) is 29.2 Å².